The highest BCUT2D eigenvalue weighted by molar-refractivity contribution is 5.93. The smallest absolute Gasteiger partial charge is 0.251 e. The second-order valence-electron chi connectivity index (χ2n) is 4.10. The number of nitrogens with zero attached hydrogens (tertiary/aromatic N) is 1. The van der Waals surface area contributed by atoms with Crippen molar-refractivity contribution in [1.29, 1.82) is 0 Å². The van der Waals surface area contributed by atoms with Crippen LogP contribution >= 0.6 is 0 Å². The van der Waals surface area contributed by atoms with Gasteiger partial charge in [0.1, 0.15) is 0 Å². The lowest BCUT2D eigenvalue weighted by Gasteiger charge is -2.19. The molecule has 0 aromatic carbocycles. The molecule has 1 aromatic rings. The van der Waals surface area contributed by atoms with Gasteiger partial charge in [-0.1, -0.05) is 13.8 Å². The number of carbonyl (C=O) groups excluding carboxylic acids is 1. The summed E-state index contributed by atoms with van der Waals surface area (Å²) in [6, 6.07) is 2.57. The molecule has 1 amide bonds. The summed E-state index contributed by atoms with van der Waals surface area (Å²) in [5.41, 5.74) is 0.260. The number of carbonyl (C=O) groups is 1. The predicted octanol–water partition coefficient (Wildman–Crippen LogP) is 1.62. The standard InChI is InChI=1S/C12H17FN2O2/c1-8(2)10(17-3)7-15-12(16)9-4-5-14-11(13)6-9/h4-6,8,10H,7H2,1-3H3,(H,15,16). The van der Waals surface area contributed by atoms with E-state index in [0.29, 0.717) is 12.5 Å². The van der Waals surface area contributed by atoms with Crippen molar-refractivity contribution < 1.29 is 13.9 Å². The highest BCUT2D eigenvalue weighted by atomic mass is 19.1. The van der Waals surface area contributed by atoms with E-state index in [1.54, 1.807) is 7.11 Å². The summed E-state index contributed by atoms with van der Waals surface area (Å²) in [6.07, 6.45) is 1.21. The molecular formula is C12H17FN2O2. The van der Waals surface area contributed by atoms with E-state index in [-0.39, 0.29) is 17.6 Å². The third-order valence-electron chi connectivity index (χ3n) is 2.50. The van der Waals surface area contributed by atoms with Crippen molar-refractivity contribution in [3.05, 3.63) is 29.8 Å². The Morgan fingerprint density at radius 3 is 2.82 bits per heavy atom. The molecule has 1 atom stereocenters. The maximum atomic E-state index is 12.8. The van der Waals surface area contributed by atoms with E-state index in [0.717, 1.165) is 6.07 Å². The van der Waals surface area contributed by atoms with E-state index in [9.17, 15) is 9.18 Å². The second-order valence-corrected chi connectivity index (χ2v) is 4.10. The van der Waals surface area contributed by atoms with Gasteiger partial charge in [-0.05, 0) is 12.0 Å². The molecule has 1 N–H and O–H groups in total. The summed E-state index contributed by atoms with van der Waals surface area (Å²) in [5.74, 6) is -0.687. The van der Waals surface area contributed by atoms with Crippen LogP contribution in [0.1, 0.15) is 24.2 Å². The van der Waals surface area contributed by atoms with Gasteiger partial charge in [-0.15, -0.1) is 0 Å². The van der Waals surface area contributed by atoms with Gasteiger partial charge < -0.3 is 10.1 Å². The van der Waals surface area contributed by atoms with Gasteiger partial charge in [-0.2, -0.15) is 4.39 Å². The number of aromatic nitrogens is 1. The normalized spacial score (nSPS) is 12.5. The maximum absolute atomic E-state index is 12.8. The zero-order chi connectivity index (χ0) is 12.8. The largest absolute Gasteiger partial charge is 0.379 e. The van der Waals surface area contributed by atoms with Crippen molar-refractivity contribution in [1.82, 2.24) is 10.3 Å². The lowest BCUT2D eigenvalue weighted by atomic mass is 10.1. The summed E-state index contributed by atoms with van der Waals surface area (Å²) in [7, 11) is 1.60. The Balaban J connectivity index is 2.55. The third-order valence-corrected chi connectivity index (χ3v) is 2.50. The van der Waals surface area contributed by atoms with Crippen LogP contribution in [0.3, 0.4) is 0 Å². The Bertz CT molecular complexity index is 383. The molecule has 1 rings (SSSR count). The van der Waals surface area contributed by atoms with Gasteiger partial charge in [0, 0.05) is 31.5 Å². The van der Waals surface area contributed by atoms with Crippen molar-refractivity contribution in [3.8, 4) is 0 Å². The molecule has 4 nitrogen and oxygen atoms in total. The van der Waals surface area contributed by atoms with E-state index >= 15 is 0 Å². The molecular weight excluding hydrogens is 223 g/mol. The zero-order valence-corrected chi connectivity index (χ0v) is 10.2. The quantitative estimate of drug-likeness (QED) is 0.796. The van der Waals surface area contributed by atoms with Crippen molar-refractivity contribution in [2.24, 2.45) is 5.92 Å². The van der Waals surface area contributed by atoms with Gasteiger partial charge in [-0.3, -0.25) is 4.79 Å². The molecule has 1 unspecified atom stereocenters. The number of hydrogen-bond donors (Lipinski definition) is 1. The minimum atomic E-state index is -0.662. The molecule has 0 fully saturated rings. The first kappa shape index (κ1) is 13.6. The Morgan fingerprint density at radius 1 is 1.59 bits per heavy atom. The Morgan fingerprint density at radius 2 is 2.29 bits per heavy atom. The number of pyridine rings is 1. The maximum Gasteiger partial charge on any atom is 0.251 e. The van der Waals surface area contributed by atoms with Gasteiger partial charge >= 0.3 is 0 Å². The van der Waals surface area contributed by atoms with Crippen LogP contribution in [0.15, 0.2) is 18.3 Å². The summed E-state index contributed by atoms with van der Waals surface area (Å²) in [5, 5.41) is 2.70. The van der Waals surface area contributed by atoms with Crippen LogP contribution in [-0.2, 0) is 4.74 Å². The summed E-state index contributed by atoms with van der Waals surface area (Å²) in [6.45, 7) is 4.41. The van der Waals surface area contributed by atoms with Crippen LogP contribution in [0.2, 0.25) is 0 Å². The molecule has 0 saturated carbocycles. The van der Waals surface area contributed by atoms with E-state index in [1.165, 1.54) is 12.3 Å². The van der Waals surface area contributed by atoms with Crippen molar-refractivity contribution in [2.75, 3.05) is 13.7 Å². The van der Waals surface area contributed by atoms with Gasteiger partial charge in [0.05, 0.1) is 6.10 Å². The molecule has 1 aromatic heterocycles. The molecule has 0 bridgehead atoms. The van der Waals surface area contributed by atoms with Crippen LogP contribution in [-0.4, -0.2) is 30.6 Å². The lowest BCUT2D eigenvalue weighted by molar-refractivity contribution is 0.0605. The van der Waals surface area contributed by atoms with Crippen LogP contribution in [0, 0.1) is 11.9 Å². The van der Waals surface area contributed by atoms with E-state index in [1.807, 2.05) is 13.8 Å². The average Bonchev–Trinajstić information content (AvgIpc) is 2.29. The highest BCUT2D eigenvalue weighted by Gasteiger charge is 2.14. The fourth-order valence-electron chi connectivity index (χ4n) is 1.43. The molecule has 5 heteroatoms. The molecule has 0 aliphatic carbocycles. The molecule has 1 heterocycles. The SMILES string of the molecule is COC(CNC(=O)c1ccnc(F)c1)C(C)C. The number of halogens is 1. The first-order chi connectivity index (χ1) is 8.04. The molecule has 0 aliphatic heterocycles. The van der Waals surface area contributed by atoms with Gasteiger partial charge in [0.25, 0.3) is 5.91 Å². The second kappa shape index (κ2) is 6.30. The minimum Gasteiger partial charge on any atom is -0.379 e. The minimum absolute atomic E-state index is 0.0503. The zero-order valence-electron chi connectivity index (χ0n) is 10.2. The Labute approximate surface area is 100 Å². The predicted molar refractivity (Wildman–Crippen MR) is 62.2 cm³/mol. The van der Waals surface area contributed by atoms with Crippen LogP contribution in [0.4, 0.5) is 4.39 Å². The lowest BCUT2D eigenvalue weighted by Crippen LogP contribution is -2.36. The molecule has 0 aliphatic rings. The van der Waals surface area contributed by atoms with Crippen molar-refractivity contribution in [2.45, 2.75) is 20.0 Å². The number of methoxy groups -OCH3 is 1. The summed E-state index contributed by atoms with van der Waals surface area (Å²) in [4.78, 5) is 15.1. The van der Waals surface area contributed by atoms with Gasteiger partial charge in [0.15, 0.2) is 0 Å². The Hall–Kier alpha value is -1.49. The topological polar surface area (TPSA) is 51.2 Å². The fourth-order valence-corrected chi connectivity index (χ4v) is 1.43. The number of hydrogen-bond acceptors (Lipinski definition) is 3. The monoisotopic (exact) mass is 240 g/mol. The number of nitrogens with one attached hydrogen (secondary N) is 1. The van der Waals surface area contributed by atoms with E-state index in [4.69, 9.17) is 4.74 Å². The van der Waals surface area contributed by atoms with Crippen LogP contribution < -0.4 is 5.32 Å². The summed E-state index contributed by atoms with van der Waals surface area (Å²) >= 11 is 0. The van der Waals surface area contributed by atoms with Gasteiger partial charge in [-0.25, -0.2) is 4.98 Å². The number of ether oxygens (including phenoxy) is 1. The van der Waals surface area contributed by atoms with Crippen molar-refractivity contribution >= 4 is 5.91 Å². The third kappa shape index (κ3) is 4.11. The van der Waals surface area contributed by atoms with Crippen molar-refractivity contribution in [3.63, 3.8) is 0 Å². The van der Waals surface area contributed by atoms with Crippen LogP contribution in [0.25, 0.3) is 0 Å². The average molecular weight is 240 g/mol. The Kier molecular flexibility index (Phi) is 5.03. The molecule has 94 valence electrons. The van der Waals surface area contributed by atoms with Crippen LogP contribution in [0.5, 0.6) is 0 Å². The number of amides is 1. The number of rotatable bonds is 5. The highest BCUT2D eigenvalue weighted by Crippen LogP contribution is 2.05. The summed E-state index contributed by atoms with van der Waals surface area (Å²) < 4.78 is 18.0. The first-order valence-corrected chi connectivity index (χ1v) is 5.47. The molecule has 17 heavy (non-hydrogen) atoms. The fraction of sp³-hybridized carbons (Fsp3) is 0.500. The molecule has 0 radical (unpaired) electrons. The van der Waals surface area contributed by atoms with E-state index in [2.05, 4.69) is 10.3 Å². The van der Waals surface area contributed by atoms with Gasteiger partial charge in [0.2, 0.25) is 5.95 Å². The van der Waals surface area contributed by atoms with E-state index < -0.39 is 5.95 Å². The first-order valence-electron chi connectivity index (χ1n) is 5.47. The molecule has 0 spiro atoms. The molecule has 0 saturated heterocycles.